The molecule has 0 aliphatic heterocycles. The van der Waals surface area contributed by atoms with E-state index in [1.165, 1.54) is 0 Å². The van der Waals surface area contributed by atoms with Gasteiger partial charge in [-0.1, -0.05) is 27.2 Å². The van der Waals surface area contributed by atoms with Gasteiger partial charge in [0, 0.05) is 30.9 Å². The Morgan fingerprint density at radius 1 is 1.10 bits per heavy atom. The van der Waals surface area contributed by atoms with E-state index in [1.807, 2.05) is 24.0 Å². The van der Waals surface area contributed by atoms with Crippen molar-refractivity contribution in [3.05, 3.63) is 23.4 Å². The largest absolute Gasteiger partial charge is 0.370 e. The zero-order valence-electron chi connectivity index (χ0n) is 13.9. The number of nitrogens with zero attached hydrogens (tertiary/aromatic N) is 2. The molecule has 0 fully saturated rings. The minimum absolute atomic E-state index is 0.123. The van der Waals surface area contributed by atoms with Crippen LogP contribution in [0, 0.1) is 0 Å². The van der Waals surface area contributed by atoms with Gasteiger partial charge in [-0.05, 0) is 38.3 Å². The quantitative estimate of drug-likeness (QED) is 0.754. The van der Waals surface area contributed by atoms with Crippen LogP contribution in [0.3, 0.4) is 0 Å². The summed E-state index contributed by atoms with van der Waals surface area (Å²) in [4.78, 5) is 19.2. The maximum absolute atomic E-state index is 12.7. The molecule has 0 bridgehead atoms. The van der Waals surface area contributed by atoms with Crippen LogP contribution in [0.1, 0.15) is 63.0 Å². The molecule has 0 aliphatic rings. The number of amides is 1. The lowest BCUT2D eigenvalue weighted by atomic mass is 10.1. The predicted molar refractivity (Wildman–Crippen MR) is 88.9 cm³/mol. The summed E-state index contributed by atoms with van der Waals surface area (Å²) in [7, 11) is 0. The van der Waals surface area contributed by atoms with Crippen LogP contribution < -0.4 is 5.32 Å². The normalized spacial score (nSPS) is 10.5. The van der Waals surface area contributed by atoms with Crippen molar-refractivity contribution < 1.29 is 4.79 Å². The zero-order chi connectivity index (χ0) is 15.7. The van der Waals surface area contributed by atoms with Crippen molar-refractivity contribution in [1.29, 1.82) is 0 Å². The smallest absolute Gasteiger partial charge is 0.254 e. The van der Waals surface area contributed by atoms with Crippen LogP contribution in [0.15, 0.2) is 12.1 Å². The second-order valence-electron chi connectivity index (χ2n) is 5.30. The summed E-state index contributed by atoms with van der Waals surface area (Å²) < 4.78 is 0. The first kappa shape index (κ1) is 17.5. The van der Waals surface area contributed by atoms with Gasteiger partial charge < -0.3 is 10.2 Å². The molecule has 1 aromatic rings. The molecule has 0 atom stereocenters. The van der Waals surface area contributed by atoms with Crippen molar-refractivity contribution in [1.82, 2.24) is 9.88 Å². The van der Waals surface area contributed by atoms with E-state index in [0.717, 1.165) is 62.4 Å². The molecule has 1 amide bonds. The predicted octanol–water partition coefficient (Wildman–Crippen LogP) is 3.73. The number of aryl methyl sites for hydroxylation is 1. The number of rotatable bonds is 9. The topological polar surface area (TPSA) is 45.2 Å². The first-order valence-electron chi connectivity index (χ1n) is 8.20. The Bertz CT molecular complexity index is 415. The van der Waals surface area contributed by atoms with Gasteiger partial charge in [0.25, 0.3) is 5.91 Å². The number of carbonyl (C=O) groups excluding carboxylic acids is 1. The molecule has 4 nitrogen and oxygen atoms in total. The van der Waals surface area contributed by atoms with E-state index in [4.69, 9.17) is 0 Å². The van der Waals surface area contributed by atoms with Gasteiger partial charge in [0.2, 0.25) is 0 Å². The summed E-state index contributed by atoms with van der Waals surface area (Å²) in [6.07, 6.45) is 3.91. The molecule has 118 valence electrons. The third-order valence-electron chi connectivity index (χ3n) is 3.26. The van der Waals surface area contributed by atoms with E-state index >= 15 is 0 Å². The molecule has 0 saturated heterocycles. The zero-order valence-corrected chi connectivity index (χ0v) is 13.9. The fraction of sp³-hybridized carbons (Fsp3) is 0.647. The Balaban J connectivity index is 3.04. The van der Waals surface area contributed by atoms with Crippen LogP contribution >= 0.6 is 0 Å². The van der Waals surface area contributed by atoms with Crippen molar-refractivity contribution in [2.24, 2.45) is 0 Å². The van der Waals surface area contributed by atoms with Crippen LogP contribution in [0.2, 0.25) is 0 Å². The molecule has 0 aliphatic carbocycles. The van der Waals surface area contributed by atoms with Crippen molar-refractivity contribution >= 4 is 11.7 Å². The number of hydrogen-bond donors (Lipinski definition) is 1. The summed E-state index contributed by atoms with van der Waals surface area (Å²) in [5, 5.41) is 3.22. The minimum Gasteiger partial charge on any atom is -0.370 e. The lowest BCUT2D eigenvalue weighted by Gasteiger charge is -2.22. The summed E-state index contributed by atoms with van der Waals surface area (Å²) >= 11 is 0. The van der Waals surface area contributed by atoms with E-state index in [-0.39, 0.29) is 5.91 Å². The number of hydrogen-bond acceptors (Lipinski definition) is 3. The number of aromatic nitrogens is 1. The minimum atomic E-state index is 0.123. The molecular weight excluding hydrogens is 262 g/mol. The fourth-order valence-corrected chi connectivity index (χ4v) is 2.40. The van der Waals surface area contributed by atoms with Crippen molar-refractivity contribution in [3.8, 4) is 0 Å². The summed E-state index contributed by atoms with van der Waals surface area (Å²) in [5.74, 6) is 0.928. The Morgan fingerprint density at radius 2 is 1.76 bits per heavy atom. The maximum Gasteiger partial charge on any atom is 0.254 e. The highest BCUT2D eigenvalue weighted by atomic mass is 16.2. The van der Waals surface area contributed by atoms with Crippen LogP contribution in [0.25, 0.3) is 0 Å². The van der Waals surface area contributed by atoms with Gasteiger partial charge in [0.05, 0.1) is 0 Å². The lowest BCUT2D eigenvalue weighted by molar-refractivity contribution is 0.0755. The summed E-state index contributed by atoms with van der Waals surface area (Å²) in [6.45, 7) is 10.8. The number of nitrogens with one attached hydrogen (secondary N) is 1. The molecule has 0 spiro atoms. The van der Waals surface area contributed by atoms with Crippen molar-refractivity contribution in [3.63, 3.8) is 0 Å². The van der Waals surface area contributed by atoms with Crippen LogP contribution in [-0.4, -0.2) is 35.4 Å². The molecule has 1 heterocycles. The van der Waals surface area contributed by atoms with Crippen LogP contribution in [0.5, 0.6) is 0 Å². The van der Waals surface area contributed by atoms with Crippen LogP contribution in [0.4, 0.5) is 5.82 Å². The van der Waals surface area contributed by atoms with Gasteiger partial charge in [-0.25, -0.2) is 4.98 Å². The average Bonchev–Trinajstić information content (AvgIpc) is 2.47. The maximum atomic E-state index is 12.7. The van der Waals surface area contributed by atoms with Gasteiger partial charge in [0.15, 0.2) is 0 Å². The highest BCUT2D eigenvalue weighted by Crippen LogP contribution is 2.15. The second kappa shape index (κ2) is 9.37. The summed E-state index contributed by atoms with van der Waals surface area (Å²) in [5.41, 5.74) is 1.75. The molecule has 1 aromatic heterocycles. The van der Waals surface area contributed by atoms with Gasteiger partial charge in [-0.3, -0.25) is 4.79 Å². The molecule has 1 rings (SSSR count). The molecule has 21 heavy (non-hydrogen) atoms. The highest BCUT2D eigenvalue weighted by Gasteiger charge is 2.16. The standard InChI is InChI=1S/C17H29N3O/c1-5-9-15-12-14(13-16(19-15)18-8-4)17(21)20(10-6-2)11-7-3/h12-13H,5-11H2,1-4H3,(H,18,19). The number of anilines is 1. The summed E-state index contributed by atoms with van der Waals surface area (Å²) in [6, 6.07) is 3.83. The van der Waals surface area contributed by atoms with E-state index in [1.54, 1.807) is 0 Å². The van der Waals surface area contributed by atoms with Gasteiger partial charge in [-0.2, -0.15) is 0 Å². The van der Waals surface area contributed by atoms with E-state index in [2.05, 4.69) is 31.1 Å². The Kier molecular flexibility index (Phi) is 7.80. The fourth-order valence-electron chi connectivity index (χ4n) is 2.40. The number of pyridine rings is 1. The Hall–Kier alpha value is -1.58. The van der Waals surface area contributed by atoms with Crippen molar-refractivity contribution in [2.75, 3.05) is 25.0 Å². The first-order valence-corrected chi connectivity index (χ1v) is 8.20. The molecule has 4 heteroatoms. The van der Waals surface area contributed by atoms with E-state index < -0.39 is 0 Å². The number of carbonyl (C=O) groups is 1. The molecule has 0 radical (unpaired) electrons. The SMILES string of the molecule is CCCc1cc(C(=O)N(CCC)CCC)cc(NCC)n1. The van der Waals surface area contributed by atoms with Gasteiger partial charge >= 0.3 is 0 Å². The Labute approximate surface area is 129 Å². The molecule has 0 aromatic carbocycles. The molecule has 1 N–H and O–H groups in total. The lowest BCUT2D eigenvalue weighted by Crippen LogP contribution is -2.32. The van der Waals surface area contributed by atoms with Gasteiger partial charge in [0.1, 0.15) is 5.82 Å². The van der Waals surface area contributed by atoms with E-state index in [0.29, 0.717) is 0 Å². The highest BCUT2D eigenvalue weighted by molar-refractivity contribution is 5.95. The third kappa shape index (κ3) is 5.37. The molecule has 0 unspecified atom stereocenters. The monoisotopic (exact) mass is 291 g/mol. The Morgan fingerprint density at radius 3 is 2.29 bits per heavy atom. The first-order chi connectivity index (χ1) is 10.2. The average molecular weight is 291 g/mol. The molecular formula is C17H29N3O. The second-order valence-corrected chi connectivity index (χ2v) is 5.30. The van der Waals surface area contributed by atoms with Crippen LogP contribution in [-0.2, 0) is 6.42 Å². The van der Waals surface area contributed by atoms with Crippen molar-refractivity contribution in [2.45, 2.75) is 53.4 Å². The van der Waals surface area contributed by atoms with Gasteiger partial charge in [-0.15, -0.1) is 0 Å². The third-order valence-corrected chi connectivity index (χ3v) is 3.26. The van der Waals surface area contributed by atoms with E-state index in [9.17, 15) is 4.79 Å². The molecule has 0 saturated carbocycles.